The van der Waals surface area contributed by atoms with E-state index in [1.807, 2.05) is 42.5 Å². The minimum absolute atomic E-state index is 0.0189. The van der Waals surface area contributed by atoms with Gasteiger partial charge in [0.25, 0.3) is 5.56 Å². The van der Waals surface area contributed by atoms with Crippen LogP contribution < -0.4 is 10.3 Å². The molecule has 0 saturated carbocycles. The molecular weight excluding hydrogens is 432 g/mol. The van der Waals surface area contributed by atoms with E-state index in [1.165, 1.54) is 4.68 Å². The number of methoxy groups -OCH3 is 1. The van der Waals surface area contributed by atoms with Crippen LogP contribution in [-0.2, 0) is 17.8 Å². The average Bonchev–Trinajstić information content (AvgIpc) is 3.35. The van der Waals surface area contributed by atoms with Crippen molar-refractivity contribution in [2.45, 2.75) is 31.7 Å². The molecule has 1 atom stereocenters. The number of carbonyl (C=O) groups is 1. The first-order valence-electron chi connectivity index (χ1n) is 11.4. The minimum atomic E-state index is -0.256. The van der Waals surface area contributed by atoms with E-state index in [-0.39, 0.29) is 23.9 Å². The van der Waals surface area contributed by atoms with Crippen molar-refractivity contribution in [2.75, 3.05) is 20.2 Å². The summed E-state index contributed by atoms with van der Waals surface area (Å²) in [6.45, 7) is 1.07. The van der Waals surface area contributed by atoms with Crippen LogP contribution in [-0.4, -0.2) is 45.8 Å². The van der Waals surface area contributed by atoms with Crippen LogP contribution in [0.2, 0.25) is 0 Å². The van der Waals surface area contributed by atoms with Crippen LogP contribution in [0.1, 0.15) is 36.0 Å². The van der Waals surface area contributed by atoms with E-state index in [4.69, 9.17) is 9.15 Å². The molecule has 5 rings (SSSR count). The average molecular weight is 459 g/mol. The Bertz CT molecular complexity index is 1380. The molecule has 3 heterocycles. The van der Waals surface area contributed by atoms with Gasteiger partial charge in [0.2, 0.25) is 5.91 Å². The van der Waals surface area contributed by atoms with Gasteiger partial charge >= 0.3 is 0 Å². The Kier molecular flexibility index (Phi) is 6.12. The zero-order chi connectivity index (χ0) is 23.5. The van der Waals surface area contributed by atoms with E-state index in [0.29, 0.717) is 30.8 Å². The summed E-state index contributed by atoms with van der Waals surface area (Å²) in [6, 6.07) is 15.1. The normalized spacial score (nSPS) is 16.0. The quantitative estimate of drug-likeness (QED) is 0.440. The number of rotatable bonds is 6. The number of carbonyl (C=O) groups excluding carboxylic acids is 1. The largest absolute Gasteiger partial charge is 0.496 e. The predicted octanol–water partition coefficient (Wildman–Crippen LogP) is 3.39. The fourth-order valence-electron chi connectivity index (χ4n) is 4.50. The second-order valence-electron chi connectivity index (χ2n) is 8.53. The van der Waals surface area contributed by atoms with Crippen LogP contribution in [0.4, 0.5) is 0 Å². The third-order valence-corrected chi connectivity index (χ3v) is 6.30. The third kappa shape index (κ3) is 4.44. The van der Waals surface area contributed by atoms with Crippen LogP contribution in [0.25, 0.3) is 10.8 Å². The first-order valence-corrected chi connectivity index (χ1v) is 11.4. The highest BCUT2D eigenvalue weighted by atomic mass is 16.5. The van der Waals surface area contributed by atoms with Gasteiger partial charge in [-0.15, -0.1) is 0 Å². The summed E-state index contributed by atoms with van der Waals surface area (Å²) in [5.41, 5.74) is 0.773. The summed E-state index contributed by atoms with van der Waals surface area (Å²) < 4.78 is 12.7. The molecular formula is C26H26N4O4. The Balaban J connectivity index is 1.27. The van der Waals surface area contributed by atoms with Crippen LogP contribution in [0.15, 0.2) is 70.1 Å². The number of aromatic nitrogens is 3. The van der Waals surface area contributed by atoms with Gasteiger partial charge in [-0.2, -0.15) is 5.10 Å². The van der Waals surface area contributed by atoms with Crippen molar-refractivity contribution in [3.8, 4) is 5.75 Å². The standard InChI is InChI=1S/C26H26N4O4/c1-33-23-11-5-3-7-18(23)13-21-15-27-25(34-21)20-9-6-12-29(16-20)24(31)17-30-26(32)22-10-4-2-8-19(22)14-28-30/h2-5,7-8,10-11,14-15,20H,6,9,12-13,16-17H2,1H3/t20-/m0/s1. The molecule has 0 N–H and O–H groups in total. The molecule has 1 aliphatic rings. The van der Waals surface area contributed by atoms with Gasteiger partial charge in [0.15, 0.2) is 5.89 Å². The SMILES string of the molecule is COc1ccccc1Cc1cnc([C@H]2CCCN(C(=O)Cn3ncc4ccccc4c3=O)C2)o1. The summed E-state index contributed by atoms with van der Waals surface area (Å²) in [5, 5.41) is 5.52. The lowest BCUT2D eigenvalue weighted by atomic mass is 9.98. The summed E-state index contributed by atoms with van der Waals surface area (Å²) in [6.07, 6.45) is 5.70. The first kappa shape index (κ1) is 21.9. The summed E-state index contributed by atoms with van der Waals surface area (Å²) in [5.74, 6) is 2.10. The highest BCUT2D eigenvalue weighted by Crippen LogP contribution is 2.28. The van der Waals surface area contributed by atoms with Crippen molar-refractivity contribution in [3.63, 3.8) is 0 Å². The maximum Gasteiger partial charge on any atom is 0.275 e. The Labute approximate surface area is 196 Å². The zero-order valence-electron chi connectivity index (χ0n) is 19.0. The van der Waals surface area contributed by atoms with Gasteiger partial charge in [0, 0.05) is 30.5 Å². The molecule has 4 aromatic rings. The number of fused-ring (bicyclic) bond motifs is 1. The molecule has 0 radical (unpaired) electrons. The summed E-state index contributed by atoms with van der Waals surface area (Å²) >= 11 is 0. The molecule has 34 heavy (non-hydrogen) atoms. The number of piperidine rings is 1. The van der Waals surface area contributed by atoms with Crippen LogP contribution in [0.3, 0.4) is 0 Å². The molecule has 1 amide bonds. The van der Waals surface area contributed by atoms with Crippen molar-refractivity contribution in [1.29, 1.82) is 0 Å². The van der Waals surface area contributed by atoms with Crippen molar-refractivity contribution in [3.05, 3.63) is 88.5 Å². The van der Waals surface area contributed by atoms with Crippen molar-refractivity contribution in [2.24, 2.45) is 0 Å². The Hall–Kier alpha value is -3.94. The topological polar surface area (TPSA) is 90.5 Å². The molecule has 0 spiro atoms. The molecule has 8 heteroatoms. The number of para-hydroxylation sites is 1. The van der Waals surface area contributed by atoms with Crippen LogP contribution in [0.5, 0.6) is 5.75 Å². The second-order valence-corrected chi connectivity index (χ2v) is 8.53. The number of amides is 1. The number of likely N-dealkylation sites (tertiary alicyclic amines) is 1. The third-order valence-electron chi connectivity index (χ3n) is 6.30. The second kappa shape index (κ2) is 9.51. The molecule has 2 aromatic heterocycles. The maximum atomic E-state index is 13.0. The Morgan fingerprint density at radius 1 is 1.15 bits per heavy atom. The highest BCUT2D eigenvalue weighted by Gasteiger charge is 2.28. The van der Waals surface area contributed by atoms with Crippen molar-refractivity contribution < 1.29 is 13.9 Å². The summed E-state index contributed by atoms with van der Waals surface area (Å²) in [7, 11) is 1.65. The number of hydrogen-bond donors (Lipinski definition) is 0. The molecule has 2 aromatic carbocycles. The Morgan fingerprint density at radius 3 is 2.85 bits per heavy atom. The molecule has 1 aliphatic heterocycles. The Morgan fingerprint density at radius 2 is 1.97 bits per heavy atom. The van der Waals surface area contributed by atoms with Gasteiger partial charge in [-0.3, -0.25) is 9.59 Å². The monoisotopic (exact) mass is 458 g/mol. The molecule has 0 unspecified atom stereocenters. The molecule has 174 valence electrons. The van der Waals surface area contributed by atoms with Crippen molar-refractivity contribution >= 4 is 16.7 Å². The fraction of sp³-hybridized carbons (Fsp3) is 0.308. The van der Waals surface area contributed by atoms with Gasteiger partial charge in [-0.05, 0) is 25.0 Å². The van der Waals surface area contributed by atoms with Gasteiger partial charge in [0.05, 0.1) is 30.8 Å². The smallest absolute Gasteiger partial charge is 0.275 e. The van der Waals surface area contributed by atoms with E-state index in [9.17, 15) is 9.59 Å². The van der Waals surface area contributed by atoms with E-state index in [2.05, 4.69) is 10.1 Å². The zero-order valence-corrected chi connectivity index (χ0v) is 19.0. The fourth-order valence-corrected chi connectivity index (χ4v) is 4.50. The van der Waals surface area contributed by atoms with E-state index < -0.39 is 0 Å². The number of benzene rings is 2. The summed E-state index contributed by atoms with van der Waals surface area (Å²) in [4.78, 5) is 32.0. The van der Waals surface area contributed by atoms with Crippen molar-refractivity contribution in [1.82, 2.24) is 19.7 Å². The lowest BCUT2D eigenvalue weighted by Gasteiger charge is -2.31. The highest BCUT2D eigenvalue weighted by molar-refractivity contribution is 5.81. The lowest BCUT2D eigenvalue weighted by molar-refractivity contribution is -0.133. The van der Waals surface area contributed by atoms with Gasteiger partial charge in [-0.25, -0.2) is 9.67 Å². The van der Waals surface area contributed by atoms with E-state index >= 15 is 0 Å². The number of ether oxygens (including phenoxy) is 1. The van der Waals surface area contributed by atoms with Gasteiger partial charge in [0.1, 0.15) is 18.1 Å². The first-order chi connectivity index (χ1) is 16.6. The lowest BCUT2D eigenvalue weighted by Crippen LogP contribution is -2.42. The predicted molar refractivity (Wildman–Crippen MR) is 127 cm³/mol. The van der Waals surface area contributed by atoms with Crippen LogP contribution >= 0.6 is 0 Å². The van der Waals surface area contributed by atoms with Gasteiger partial charge in [-0.1, -0.05) is 36.4 Å². The van der Waals surface area contributed by atoms with Gasteiger partial charge < -0.3 is 14.1 Å². The maximum absolute atomic E-state index is 13.0. The molecule has 0 aliphatic carbocycles. The molecule has 1 saturated heterocycles. The minimum Gasteiger partial charge on any atom is -0.496 e. The molecule has 1 fully saturated rings. The molecule has 0 bridgehead atoms. The van der Waals surface area contributed by atoms with E-state index in [0.717, 1.165) is 35.3 Å². The molecule has 8 nitrogen and oxygen atoms in total. The number of nitrogens with zero attached hydrogens (tertiary/aromatic N) is 4. The number of hydrogen-bond acceptors (Lipinski definition) is 6. The van der Waals surface area contributed by atoms with Crippen LogP contribution in [0, 0.1) is 0 Å². The number of oxazole rings is 1. The van der Waals surface area contributed by atoms with E-state index in [1.54, 1.807) is 30.5 Å².